The number of para-hydroxylation sites is 2. The number of carbonyl (C=O) groups is 3. The lowest BCUT2D eigenvalue weighted by Crippen LogP contribution is -2.28. The molecule has 3 aromatic rings. The van der Waals surface area contributed by atoms with E-state index in [0.717, 1.165) is 16.8 Å². The molecule has 2 N–H and O–H groups in total. The Morgan fingerprint density at radius 1 is 0.844 bits per heavy atom. The molecule has 32 heavy (non-hydrogen) atoms. The Labute approximate surface area is 187 Å². The highest BCUT2D eigenvalue weighted by Gasteiger charge is 2.35. The number of nitrogens with one attached hydrogen (secondary N) is 2. The van der Waals surface area contributed by atoms with Crippen molar-refractivity contribution in [3.05, 3.63) is 89.5 Å². The summed E-state index contributed by atoms with van der Waals surface area (Å²) in [6.07, 6.45) is 0.136. The summed E-state index contributed by atoms with van der Waals surface area (Å²) in [6.45, 7) is 4.21. The van der Waals surface area contributed by atoms with Gasteiger partial charge >= 0.3 is 0 Å². The maximum Gasteiger partial charge on any atom is 0.257 e. The molecule has 1 aliphatic heterocycles. The minimum absolute atomic E-state index is 0.0837. The number of benzene rings is 3. The third kappa shape index (κ3) is 4.54. The lowest BCUT2D eigenvalue weighted by atomic mass is 10.1. The van der Waals surface area contributed by atoms with Gasteiger partial charge in [0.2, 0.25) is 11.8 Å². The van der Waals surface area contributed by atoms with E-state index < -0.39 is 5.92 Å². The molecule has 0 spiro atoms. The van der Waals surface area contributed by atoms with E-state index in [1.807, 2.05) is 62.4 Å². The Hall–Kier alpha value is -3.93. The zero-order valence-corrected chi connectivity index (χ0v) is 18.1. The number of amides is 3. The number of hydrogen-bond donors (Lipinski definition) is 2. The van der Waals surface area contributed by atoms with Crippen molar-refractivity contribution in [3.8, 4) is 0 Å². The van der Waals surface area contributed by atoms with Crippen molar-refractivity contribution in [3.63, 3.8) is 0 Å². The molecule has 1 aliphatic rings. The number of carbonyl (C=O) groups excluding carboxylic acids is 3. The molecule has 6 nitrogen and oxygen atoms in total. The summed E-state index contributed by atoms with van der Waals surface area (Å²) in [5, 5.41) is 5.75. The van der Waals surface area contributed by atoms with Gasteiger partial charge in [-0.2, -0.15) is 0 Å². The van der Waals surface area contributed by atoms with Gasteiger partial charge in [-0.15, -0.1) is 0 Å². The van der Waals surface area contributed by atoms with Crippen molar-refractivity contribution < 1.29 is 14.4 Å². The maximum atomic E-state index is 13.0. The molecule has 162 valence electrons. The standard InChI is InChI=1S/C26H25N3O3/c1-17-11-13-20(14-12-17)29-16-19(15-24(29)30)25(31)28-23-10-6-4-8-21(23)26(32)27-22-9-5-3-7-18(22)2/h3-14,19H,15-16H2,1-2H3,(H,27,32)(H,28,31)/t19-/m0/s1. The van der Waals surface area contributed by atoms with E-state index >= 15 is 0 Å². The van der Waals surface area contributed by atoms with Gasteiger partial charge in [0, 0.05) is 24.3 Å². The van der Waals surface area contributed by atoms with Gasteiger partial charge in [0.15, 0.2) is 0 Å². The number of anilines is 3. The van der Waals surface area contributed by atoms with E-state index in [4.69, 9.17) is 0 Å². The van der Waals surface area contributed by atoms with Crippen LogP contribution in [0.25, 0.3) is 0 Å². The average molecular weight is 428 g/mol. The lowest BCUT2D eigenvalue weighted by Gasteiger charge is -2.17. The van der Waals surface area contributed by atoms with E-state index in [9.17, 15) is 14.4 Å². The van der Waals surface area contributed by atoms with Crippen molar-refractivity contribution in [2.75, 3.05) is 22.1 Å². The lowest BCUT2D eigenvalue weighted by molar-refractivity contribution is -0.122. The molecule has 0 saturated carbocycles. The first-order valence-corrected chi connectivity index (χ1v) is 10.6. The fourth-order valence-electron chi connectivity index (χ4n) is 3.79. The van der Waals surface area contributed by atoms with Crippen LogP contribution in [0.3, 0.4) is 0 Å². The SMILES string of the molecule is Cc1ccc(N2C[C@@H](C(=O)Nc3ccccc3C(=O)Nc3ccccc3C)CC2=O)cc1. The molecule has 1 fully saturated rings. The molecular weight excluding hydrogens is 402 g/mol. The highest BCUT2D eigenvalue weighted by atomic mass is 16.2. The van der Waals surface area contributed by atoms with Crippen LogP contribution in [0.15, 0.2) is 72.8 Å². The van der Waals surface area contributed by atoms with Gasteiger partial charge in [-0.1, -0.05) is 48.0 Å². The van der Waals surface area contributed by atoms with Crippen molar-refractivity contribution >= 4 is 34.8 Å². The topological polar surface area (TPSA) is 78.5 Å². The zero-order valence-electron chi connectivity index (χ0n) is 18.1. The van der Waals surface area contributed by atoms with E-state index in [2.05, 4.69) is 10.6 Å². The number of hydrogen-bond acceptors (Lipinski definition) is 3. The molecule has 1 heterocycles. The summed E-state index contributed by atoms with van der Waals surface area (Å²) in [5.41, 5.74) is 4.34. The fourth-order valence-corrected chi connectivity index (χ4v) is 3.79. The van der Waals surface area contributed by atoms with E-state index in [0.29, 0.717) is 23.5 Å². The minimum atomic E-state index is -0.490. The van der Waals surface area contributed by atoms with Crippen molar-refractivity contribution in [2.45, 2.75) is 20.3 Å². The van der Waals surface area contributed by atoms with Crippen molar-refractivity contribution in [1.82, 2.24) is 0 Å². The van der Waals surface area contributed by atoms with Crippen LogP contribution in [0.4, 0.5) is 17.1 Å². The van der Waals surface area contributed by atoms with E-state index in [1.165, 1.54) is 0 Å². The highest BCUT2D eigenvalue weighted by Crippen LogP contribution is 2.27. The van der Waals surface area contributed by atoms with Crippen LogP contribution in [0, 0.1) is 19.8 Å². The first-order chi connectivity index (χ1) is 15.4. The van der Waals surface area contributed by atoms with Gasteiger partial charge in [0.1, 0.15) is 0 Å². The molecule has 0 aliphatic carbocycles. The van der Waals surface area contributed by atoms with E-state index in [-0.39, 0.29) is 24.1 Å². The Morgan fingerprint density at radius 2 is 1.50 bits per heavy atom. The predicted octanol–water partition coefficient (Wildman–Crippen LogP) is 4.55. The molecular formula is C26H25N3O3. The molecule has 0 unspecified atom stereocenters. The summed E-state index contributed by atoms with van der Waals surface area (Å²) in [6, 6.07) is 22.0. The van der Waals surface area contributed by atoms with Crippen LogP contribution < -0.4 is 15.5 Å². The fraction of sp³-hybridized carbons (Fsp3) is 0.192. The number of nitrogens with zero attached hydrogens (tertiary/aromatic N) is 1. The molecule has 0 bridgehead atoms. The van der Waals surface area contributed by atoms with Gasteiger partial charge in [-0.05, 0) is 49.7 Å². The van der Waals surface area contributed by atoms with Crippen molar-refractivity contribution in [1.29, 1.82) is 0 Å². The summed E-state index contributed by atoms with van der Waals surface area (Å²) in [5.74, 6) is -1.15. The first-order valence-electron chi connectivity index (χ1n) is 10.6. The van der Waals surface area contributed by atoms with Crippen LogP contribution in [-0.2, 0) is 9.59 Å². The average Bonchev–Trinajstić information content (AvgIpc) is 3.18. The Kier molecular flexibility index (Phi) is 6.03. The summed E-state index contributed by atoms with van der Waals surface area (Å²) in [7, 11) is 0. The van der Waals surface area contributed by atoms with E-state index in [1.54, 1.807) is 29.2 Å². The quantitative estimate of drug-likeness (QED) is 0.627. The summed E-state index contributed by atoms with van der Waals surface area (Å²) < 4.78 is 0. The monoisotopic (exact) mass is 427 g/mol. The molecule has 4 rings (SSSR count). The smallest absolute Gasteiger partial charge is 0.257 e. The maximum absolute atomic E-state index is 13.0. The molecule has 1 atom stereocenters. The molecule has 0 aromatic heterocycles. The molecule has 3 aromatic carbocycles. The van der Waals surface area contributed by atoms with Gasteiger partial charge in [-0.25, -0.2) is 0 Å². The Morgan fingerprint density at radius 3 is 2.22 bits per heavy atom. The third-order valence-electron chi connectivity index (χ3n) is 5.66. The highest BCUT2D eigenvalue weighted by molar-refractivity contribution is 6.11. The molecule has 3 amide bonds. The second kappa shape index (κ2) is 9.06. The van der Waals surface area contributed by atoms with Crippen LogP contribution in [0.2, 0.25) is 0 Å². The Balaban J connectivity index is 1.47. The van der Waals surface area contributed by atoms with Crippen LogP contribution in [-0.4, -0.2) is 24.3 Å². The van der Waals surface area contributed by atoms with Gasteiger partial charge in [-0.3, -0.25) is 14.4 Å². The second-order valence-corrected chi connectivity index (χ2v) is 8.04. The van der Waals surface area contributed by atoms with Crippen LogP contribution in [0.1, 0.15) is 27.9 Å². The molecule has 6 heteroatoms. The molecule has 1 saturated heterocycles. The third-order valence-corrected chi connectivity index (χ3v) is 5.66. The van der Waals surface area contributed by atoms with Crippen molar-refractivity contribution in [2.24, 2.45) is 5.92 Å². The van der Waals surface area contributed by atoms with Gasteiger partial charge in [0.25, 0.3) is 5.91 Å². The zero-order chi connectivity index (χ0) is 22.7. The first kappa shape index (κ1) is 21.3. The van der Waals surface area contributed by atoms with Crippen LogP contribution >= 0.6 is 0 Å². The Bertz CT molecular complexity index is 1170. The largest absolute Gasteiger partial charge is 0.325 e. The normalized spacial score (nSPS) is 15.5. The summed E-state index contributed by atoms with van der Waals surface area (Å²) >= 11 is 0. The van der Waals surface area contributed by atoms with Gasteiger partial charge < -0.3 is 15.5 Å². The number of rotatable bonds is 5. The van der Waals surface area contributed by atoms with Gasteiger partial charge in [0.05, 0.1) is 17.2 Å². The minimum Gasteiger partial charge on any atom is -0.325 e. The van der Waals surface area contributed by atoms with Crippen LogP contribution in [0.5, 0.6) is 0 Å². The predicted molar refractivity (Wildman–Crippen MR) is 126 cm³/mol. The number of aryl methyl sites for hydroxylation is 2. The summed E-state index contributed by atoms with van der Waals surface area (Å²) in [4.78, 5) is 40.0. The molecule has 0 radical (unpaired) electrons. The second-order valence-electron chi connectivity index (χ2n) is 8.04.